The summed E-state index contributed by atoms with van der Waals surface area (Å²) in [5.74, 6) is 0. The van der Waals surface area contributed by atoms with Gasteiger partial charge in [-0.2, -0.15) is 4.31 Å². The van der Waals surface area contributed by atoms with Crippen LogP contribution in [0.4, 0.5) is 0 Å². The Labute approximate surface area is 179 Å². The lowest BCUT2D eigenvalue weighted by molar-refractivity contribution is 0.204. The van der Waals surface area contributed by atoms with E-state index in [0.29, 0.717) is 18.0 Å². The van der Waals surface area contributed by atoms with E-state index in [-0.39, 0.29) is 0 Å². The van der Waals surface area contributed by atoms with Crippen LogP contribution in [0.5, 0.6) is 0 Å². The summed E-state index contributed by atoms with van der Waals surface area (Å²) in [7, 11) is -3.46. The van der Waals surface area contributed by atoms with Gasteiger partial charge in [-0.1, -0.05) is 84.9 Å². The third-order valence-corrected chi connectivity index (χ3v) is 7.32. The van der Waals surface area contributed by atoms with E-state index in [1.165, 1.54) is 5.56 Å². The molecule has 1 heterocycles. The topological polar surface area (TPSA) is 40.6 Å². The van der Waals surface area contributed by atoms with Crippen molar-refractivity contribution >= 4 is 16.1 Å². The second kappa shape index (κ2) is 9.39. The zero-order chi connectivity index (χ0) is 20.8. The predicted octanol–water partition coefficient (Wildman–Crippen LogP) is 4.37. The molecule has 154 valence electrons. The Morgan fingerprint density at radius 2 is 1.27 bits per heavy atom. The molecular weight excluding hydrogens is 392 g/mol. The highest BCUT2D eigenvalue weighted by Gasteiger charge is 2.28. The molecule has 0 unspecified atom stereocenters. The normalized spacial score (nSPS) is 16.1. The Hall–Kier alpha value is -2.73. The molecular formula is C25H26N2O2S. The van der Waals surface area contributed by atoms with Crippen LogP contribution in [0.2, 0.25) is 0 Å². The summed E-state index contributed by atoms with van der Waals surface area (Å²) < 4.78 is 27.7. The van der Waals surface area contributed by atoms with Gasteiger partial charge in [-0.25, -0.2) is 8.42 Å². The van der Waals surface area contributed by atoms with Gasteiger partial charge in [0.25, 0.3) is 0 Å². The van der Waals surface area contributed by atoms with E-state index in [9.17, 15) is 8.42 Å². The Morgan fingerprint density at radius 1 is 0.700 bits per heavy atom. The van der Waals surface area contributed by atoms with Crippen LogP contribution in [-0.4, -0.2) is 50.3 Å². The Bertz CT molecular complexity index is 1070. The van der Waals surface area contributed by atoms with E-state index < -0.39 is 10.0 Å². The van der Waals surface area contributed by atoms with E-state index in [0.717, 1.165) is 30.8 Å². The second-order valence-corrected chi connectivity index (χ2v) is 9.35. The van der Waals surface area contributed by atoms with Crippen molar-refractivity contribution in [1.29, 1.82) is 0 Å². The maximum absolute atomic E-state index is 13.0. The highest BCUT2D eigenvalue weighted by Crippen LogP contribution is 2.23. The average molecular weight is 419 g/mol. The average Bonchev–Trinajstić information content (AvgIpc) is 2.81. The van der Waals surface area contributed by atoms with Gasteiger partial charge in [0.15, 0.2) is 0 Å². The summed E-state index contributed by atoms with van der Waals surface area (Å²) in [6.07, 6.45) is 4.25. The summed E-state index contributed by atoms with van der Waals surface area (Å²) in [6.45, 7) is 3.33. The van der Waals surface area contributed by atoms with Crippen LogP contribution in [0.3, 0.4) is 0 Å². The minimum absolute atomic E-state index is 0.361. The summed E-state index contributed by atoms with van der Waals surface area (Å²) in [5, 5.41) is 0. The minimum Gasteiger partial charge on any atom is -0.297 e. The first-order valence-corrected chi connectivity index (χ1v) is 11.7. The molecule has 3 aromatic carbocycles. The molecule has 0 radical (unpaired) electrons. The smallest absolute Gasteiger partial charge is 0.243 e. The van der Waals surface area contributed by atoms with Gasteiger partial charge in [-0.05, 0) is 28.8 Å². The van der Waals surface area contributed by atoms with E-state index in [1.54, 1.807) is 16.4 Å². The van der Waals surface area contributed by atoms with Gasteiger partial charge in [-0.3, -0.25) is 4.90 Å². The predicted molar refractivity (Wildman–Crippen MR) is 123 cm³/mol. The number of hydrogen-bond donors (Lipinski definition) is 0. The van der Waals surface area contributed by atoms with Crippen LogP contribution in [0.15, 0.2) is 95.9 Å². The van der Waals surface area contributed by atoms with Crippen molar-refractivity contribution in [3.63, 3.8) is 0 Å². The zero-order valence-corrected chi connectivity index (χ0v) is 17.7. The van der Waals surface area contributed by atoms with E-state index in [2.05, 4.69) is 29.2 Å². The fraction of sp³-hybridized carbons (Fsp3) is 0.200. The lowest BCUT2D eigenvalue weighted by atomic mass is 10.1. The molecule has 1 fully saturated rings. The summed E-state index contributed by atoms with van der Waals surface area (Å²) >= 11 is 0. The Balaban J connectivity index is 1.35. The molecule has 30 heavy (non-hydrogen) atoms. The molecule has 0 bridgehead atoms. The van der Waals surface area contributed by atoms with Gasteiger partial charge >= 0.3 is 0 Å². The van der Waals surface area contributed by atoms with Gasteiger partial charge in [0.2, 0.25) is 10.0 Å². The van der Waals surface area contributed by atoms with Crippen molar-refractivity contribution in [3.05, 3.63) is 96.6 Å². The lowest BCUT2D eigenvalue weighted by Gasteiger charge is -2.33. The molecule has 0 amide bonds. The fourth-order valence-corrected chi connectivity index (χ4v) is 5.08. The van der Waals surface area contributed by atoms with E-state index in [1.807, 2.05) is 60.7 Å². The minimum atomic E-state index is -3.46. The van der Waals surface area contributed by atoms with Crippen LogP contribution in [0.25, 0.3) is 17.2 Å². The van der Waals surface area contributed by atoms with Crippen LogP contribution in [0, 0.1) is 0 Å². The standard InChI is InChI=1S/C25H26N2O2S/c28-30(29,25-15-13-24(14-16-25)23-11-5-2-6-12-23)27-20-18-26(19-21-27)17-7-10-22-8-3-1-4-9-22/h1-16H,17-21H2. The van der Waals surface area contributed by atoms with Crippen LogP contribution in [0.1, 0.15) is 5.56 Å². The number of benzene rings is 3. The summed E-state index contributed by atoms with van der Waals surface area (Å²) in [6, 6.07) is 27.4. The van der Waals surface area contributed by atoms with E-state index in [4.69, 9.17) is 0 Å². The molecule has 0 aromatic heterocycles. The Morgan fingerprint density at radius 3 is 1.90 bits per heavy atom. The second-order valence-electron chi connectivity index (χ2n) is 7.41. The number of rotatable bonds is 6. The van der Waals surface area contributed by atoms with Crippen molar-refractivity contribution < 1.29 is 8.42 Å². The van der Waals surface area contributed by atoms with E-state index >= 15 is 0 Å². The maximum atomic E-state index is 13.0. The van der Waals surface area contributed by atoms with Gasteiger partial charge in [0.05, 0.1) is 4.90 Å². The molecule has 0 saturated carbocycles. The lowest BCUT2D eigenvalue weighted by Crippen LogP contribution is -2.48. The van der Waals surface area contributed by atoms with Gasteiger partial charge < -0.3 is 0 Å². The van der Waals surface area contributed by atoms with Crippen molar-refractivity contribution in [2.24, 2.45) is 0 Å². The fourth-order valence-electron chi connectivity index (χ4n) is 3.65. The van der Waals surface area contributed by atoms with Crippen molar-refractivity contribution in [2.45, 2.75) is 4.90 Å². The Kier molecular flexibility index (Phi) is 6.43. The molecule has 0 N–H and O–H groups in total. The first kappa shape index (κ1) is 20.5. The molecule has 0 spiro atoms. The number of piperazine rings is 1. The largest absolute Gasteiger partial charge is 0.297 e. The van der Waals surface area contributed by atoms with Crippen molar-refractivity contribution in [1.82, 2.24) is 9.21 Å². The monoisotopic (exact) mass is 418 g/mol. The van der Waals surface area contributed by atoms with Crippen molar-refractivity contribution in [3.8, 4) is 11.1 Å². The zero-order valence-electron chi connectivity index (χ0n) is 16.9. The molecule has 3 aromatic rings. The van der Waals surface area contributed by atoms with Gasteiger partial charge in [-0.15, -0.1) is 0 Å². The molecule has 1 aliphatic heterocycles. The first-order chi connectivity index (χ1) is 14.6. The SMILES string of the molecule is O=S(=O)(c1ccc(-c2ccccc2)cc1)N1CCN(CC=Cc2ccccc2)CC1. The molecule has 4 rings (SSSR count). The molecule has 1 saturated heterocycles. The van der Waals surface area contributed by atoms with Crippen molar-refractivity contribution in [2.75, 3.05) is 32.7 Å². The third-order valence-electron chi connectivity index (χ3n) is 5.40. The van der Waals surface area contributed by atoms with Crippen LogP contribution in [-0.2, 0) is 10.0 Å². The third kappa shape index (κ3) is 4.87. The number of sulfonamides is 1. The highest BCUT2D eigenvalue weighted by molar-refractivity contribution is 7.89. The summed E-state index contributed by atoms with van der Waals surface area (Å²) in [4.78, 5) is 2.64. The quantitative estimate of drug-likeness (QED) is 0.597. The van der Waals surface area contributed by atoms with Crippen LogP contribution >= 0.6 is 0 Å². The summed E-state index contributed by atoms with van der Waals surface area (Å²) in [5.41, 5.74) is 3.28. The molecule has 0 atom stereocenters. The van der Waals surface area contributed by atoms with Gasteiger partial charge in [0.1, 0.15) is 0 Å². The molecule has 4 nitrogen and oxygen atoms in total. The highest BCUT2D eigenvalue weighted by atomic mass is 32.2. The molecule has 5 heteroatoms. The molecule has 0 aliphatic carbocycles. The number of hydrogen-bond acceptors (Lipinski definition) is 3. The first-order valence-electron chi connectivity index (χ1n) is 10.2. The maximum Gasteiger partial charge on any atom is 0.243 e. The molecule has 1 aliphatic rings. The van der Waals surface area contributed by atoms with Crippen LogP contribution < -0.4 is 0 Å². The number of nitrogens with zero attached hydrogens (tertiary/aromatic N) is 2. The van der Waals surface area contributed by atoms with Gasteiger partial charge in [0, 0.05) is 32.7 Å².